The van der Waals surface area contributed by atoms with Crippen molar-refractivity contribution in [2.24, 2.45) is 0 Å². The van der Waals surface area contributed by atoms with Gasteiger partial charge in [-0.1, -0.05) is 43.3 Å². The molecule has 36 heavy (non-hydrogen) atoms. The summed E-state index contributed by atoms with van der Waals surface area (Å²) in [5.74, 6) is -0.949. The molecule has 1 aliphatic heterocycles. The molecule has 0 spiro atoms. The second-order valence-corrected chi connectivity index (χ2v) is 8.70. The number of nitrogens with zero attached hydrogens (tertiary/aromatic N) is 2. The van der Waals surface area contributed by atoms with E-state index in [1.165, 1.54) is 11.0 Å². The molecule has 0 saturated heterocycles. The van der Waals surface area contributed by atoms with Crippen LogP contribution in [0.5, 0.6) is 5.75 Å². The Morgan fingerprint density at radius 3 is 2.33 bits per heavy atom. The summed E-state index contributed by atoms with van der Waals surface area (Å²) in [6.45, 7) is 3.64. The topological polar surface area (TPSA) is 49.9 Å². The van der Waals surface area contributed by atoms with Crippen LogP contribution in [0.1, 0.15) is 54.2 Å². The van der Waals surface area contributed by atoms with Gasteiger partial charge in [-0.05, 0) is 55.3 Å². The molecule has 3 aromatic rings. The van der Waals surface area contributed by atoms with Crippen LogP contribution in [-0.4, -0.2) is 25.0 Å². The van der Waals surface area contributed by atoms with Crippen LogP contribution in [0.25, 0.3) is 0 Å². The number of amides is 2. The Morgan fingerprint density at radius 1 is 1.03 bits per heavy atom. The van der Waals surface area contributed by atoms with Crippen molar-refractivity contribution in [3.05, 3.63) is 89.5 Å². The van der Waals surface area contributed by atoms with Gasteiger partial charge in [0.1, 0.15) is 5.75 Å². The Balaban J connectivity index is 1.78. The number of anilines is 2. The predicted octanol–water partition coefficient (Wildman–Crippen LogP) is 6.64. The molecule has 0 radical (unpaired) electrons. The maximum atomic E-state index is 13.6. The Morgan fingerprint density at radius 2 is 1.69 bits per heavy atom. The average Bonchev–Trinajstić information content (AvgIpc) is 2.88. The van der Waals surface area contributed by atoms with Gasteiger partial charge in [0.05, 0.1) is 18.7 Å². The van der Waals surface area contributed by atoms with Gasteiger partial charge < -0.3 is 14.5 Å². The summed E-state index contributed by atoms with van der Waals surface area (Å²) < 4.78 is 45.7. The first kappa shape index (κ1) is 25.3. The van der Waals surface area contributed by atoms with E-state index in [0.29, 0.717) is 18.5 Å². The Labute approximate surface area is 208 Å². The molecule has 5 nitrogen and oxygen atoms in total. The number of fused-ring (bicyclic) bond motifs is 1. The van der Waals surface area contributed by atoms with E-state index >= 15 is 0 Å². The third kappa shape index (κ3) is 4.67. The van der Waals surface area contributed by atoms with E-state index in [-0.39, 0.29) is 29.3 Å². The fourth-order valence-electron chi connectivity index (χ4n) is 4.79. The quantitative estimate of drug-likeness (QED) is 0.398. The minimum absolute atomic E-state index is 0.0575. The van der Waals surface area contributed by atoms with Crippen LogP contribution in [0.2, 0.25) is 0 Å². The van der Waals surface area contributed by atoms with E-state index in [9.17, 15) is 22.8 Å². The molecule has 2 atom stereocenters. The largest absolute Gasteiger partial charge is 0.496 e. The molecule has 0 unspecified atom stereocenters. The molecule has 8 heteroatoms. The molecule has 0 N–H and O–H groups in total. The van der Waals surface area contributed by atoms with E-state index < -0.39 is 17.6 Å². The SMILES string of the molecule is CCC(=O)N(c1ccccc1)[C@@H]1C[C@H](C)N(C(=O)c2ccc(OC)c(C(F)(F)F)c2)c2ccccc21. The van der Waals surface area contributed by atoms with Gasteiger partial charge in [-0.15, -0.1) is 0 Å². The number of ether oxygens (including phenoxy) is 1. The van der Waals surface area contributed by atoms with Crippen LogP contribution < -0.4 is 14.5 Å². The van der Waals surface area contributed by atoms with Crippen molar-refractivity contribution < 1.29 is 27.5 Å². The van der Waals surface area contributed by atoms with E-state index in [4.69, 9.17) is 4.74 Å². The zero-order valence-electron chi connectivity index (χ0n) is 20.3. The van der Waals surface area contributed by atoms with Crippen LogP contribution in [0.3, 0.4) is 0 Å². The van der Waals surface area contributed by atoms with Gasteiger partial charge in [0.15, 0.2) is 0 Å². The molecule has 0 aromatic heterocycles. The van der Waals surface area contributed by atoms with Crippen molar-refractivity contribution in [1.29, 1.82) is 0 Å². The Bertz CT molecular complexity index is 1260. The maximum Gasteiger partial charge on any atom is 0.419 e. The standard InChI is InChI=1S/C28H27F3N2O3/c1-4-26(34)33(20-10-6-5-7-11-20)24-16-18(2)32(23-13-9-8-12-21(23)24)27(35)19-14-15-25(36-3)22(17-19)28(29,30)31/h5-15,17-18,24H,4,16H2,1-3H3/t18-,24+/m0/s1. The minimum atomic E-state index is -4.67. The molecule has 0 saturated carbocycles. The van der Waals surface area contributed by atoms with Gasteiger partial charge in [-0.2, -0.15) is 13.2 Å². The summed E-state index contributed by atoms with van der Waals surface area (Å²) in [5.41, 5.74) is 0.990. The number of carbonyl (C=O) groups is 2. The molecular formula is C28H27F3N2O3. The van der Waals surface area contributed by atoms with Crippen molar-refractivity contribution in [2.45, 2.75) is 44.9 Å². The number of methoxy groups -OCH3 is 1. The van der Waals surface area contributed by atoms with Crippen molar-refractivity contribution in [3.63, 3.8) is 0 Å². The average molecular weight is 497 g/mol. The number of benzene rings is 3. The fourth-order valence-corrected chi connectivity index (χ4v) is 4.79. The number of hydrogen-bond acceptors (Lipinski definition) is 3. The number of para-hydroxylation sites is 2. The van der Waals surface area contributed by atoms with Crippen LogP contribution in [0, 0.1) is 0 Å². The molecule has 0 bridgehead atoms. The number of alkyl halides is 3. The molecule has 188 valence electrons. The monoisotopic (exact) mass is 496 g/mol. The zero-order valence-corrected chi connectivity index (χ0v) is 20.3. The first-order chi connectivity index (χ1) is 17.2. The maximum absolute atomic E-state index is 13.6. The molecule has 1 heterocycles. The normalized spacial score (nSPS) is 17.3. The van der Waals surface area contributed by atoms with Gasteiger partial charge in [-0.25, -0.2) is 0 Å². The summed E-state index contributed by atoms with van der Waals surface area (Å²) in [6, 6.07) is 19.2. The van der Waals surface area contributed by atoms with E-state index in [0.717, 1.165) is 30.5 Å². The third-order valence-corrected chi connectivity index (χ3v) is 6.45. The van der Waals surface area contributed by atoms with Gasteiger partial charge >= 0.3 is 6.18 Å². The number of carbonyl (C=O) groups excluding carboxylic acids is 2. The highest BCUT2D eigenvalue weighted by Gasteiger charge is 2.40. The lowest BCUT2D eigenvalue weighted by atomic mass is 9.89. The van der Waals surface area contributed by atoms with Gasteiger partial charge in [0.25, 0.3) is 5.91 Å². The lowest BCUT2D eigenvalue weighted by Crippen LogP contribution is -2.47. The van der Waals surface area contributed by atoms with Gasteiger partial charge in [-0.3, -0.25) is 9.59 Å². The molecular weight excluding hydrogens is 469 g/mol. The summed E-state index contributed by atoms with van der Waals surface area (Å²) in [6.07, 6.45) is -3.95. The van der Waals surface area contributed by atoms with Crippen LogP contribution in [0.4, 0.5) is 24.5 Å². The summed E-state index contributed by atoms with van der Waals surface area (Å²) >= 11 is 0. The molecule has 0 fully saturated rings. The number of halogens is 3. The van der Waals surface area contributed by atoms with Crippen molar-refractivity contribution in [3.8, 4) is 5.75 Å². The van der Waals surface area contributed by atoms with E-state index in [2.05, 4.69) is 0 Å². The highest BCUT2D eigenvalue weighted by atomic mass is 19.4. The molecule has 2 amide bonds. The Kier molecular flexibility index (Phi) is 7.06. The summed E-state index contributed by atoms with van der Waals surface area (Å²) in [7, 11) is 1.16. The highest BCUT2D eigenvalue weighted by molar-refractivity contribution is 6.08. The summed E-state index contributed by atoms with van der Waals surface area (Å²) in [4.78, 5) is 30.0. The molecule has 0 aliphatic carbocycles. The van der Waals surface area contributed by atoms with Gasteiger partial charge in [0.2, 0.25) is 5.91 Å². The second-order valence-electron chi connectivity index (χ2n) is 8.70. The van der Waals surface area contributed by atoms with Crippen LogP contribution in [0.15, 0.2) is 72.8 Å². The van der Waals surface area contributed by atoms with E-state index in [1.807, 2.05) is 49.4 Å². The fraction of sp³-hybridized carbons (Fsp3) is 0.286. The lowest BCUT2D eigenvalue weighted by molar-refractivity contribution is -0.138. The first-order valence-electron chi connectivity index (χ1n) is 11.7. The Hall–Kier alpha value is -3.81. The number of hydrogen-bond donors (Lipinski definition) is 0. The third-order valence-electron chi connectivity index (χ3n) is 6.45. The van der Waals surface area contributed by atoms with Crippen molar-refractivity contribution in [2.75, 3.05) is 16.9 Å². The highest BCUT2D eigenvalue weighted by Crippen LogP contribution is 2.43. The van der Waals surface area contributed by atoms with E-state index in [1.54, 1.807) is 24.0 Å². The molecule has 3 aromatic carbocycles. The number of rotatable bonds is 5. The van der Waals surface area contributed by atoms with Crippen LogP contribution >= 0.6 is 0 Å². The second kappa shape index (κ2) is 10.0. The minimum Gasteiger partial charge on any atom is -0.496 e. The van der Waals surface area contributed by atoms with Crippen molar-refractivity contribution >= 4 is 23.2 Å². The summed E-state index contributed by atoms with van der Waals surface area (Å²) in [5, 5.41) is 0. The zero-order chi connectivity index (χ0) is 26.0. The molecule has 1 aliphatic rings. The lowest BCUT2D eigenvalue weighted by Gasteiger charge is -2.43. The smallest absolute Gasteiger partial charge is 0.419 e. The predicted molar refractivity (Wildman–Crippen MR) is 132 cm³/mol. The van der Waals surface area contributed by atoms with Gasteiger partial charge in [0, 0.05) is 29.4 Å². The van der Waals surface area contributed by atoms with Crippen molar-refractivity contribution in [1.82, 2.24) is 0 Å². The molecule has 4 rings (SSSR count). The van der Waals surface area contributed by atoms with Crippen LogP contribution in [-0.2, 0) is 11.0 Å². The first-order valence-corrected chi connectivity index (χ1v) is 11.7.